The molecule has 1 aromatic heterocycles. The molecule has 0 radical (unpaired) electrons. The zero-order valence-corrected chi connectivity index (χ0v) is 19.6. The Morgan fingerprint density at radius 2 is 1.94 bits per heavy atom. The van der Waals surface area contributed by atoms with Gasteiger partial charge in [-0.1, -0.05) is 12.1 Å². The number of carbonyl (C=O) groups excluding carboxylic acids is 2. The topological polar surface area (TPSA) is 115 Å². The largest absolute Gasteiger partial charge is 0.489 e. The minimum Gasteiger partial charge on any atom is -0.489 e. The van der Waals surface area contributed by atoms with Gasteiger partial charge in [-0.2, -0.15) is 8.78 Å². The maximum Gasteiger partial charge on any atom is 0.387 e. The molecular formula is C25H26F2N2O7. The van der Waals surface area contributed by atoms with E-state index in [1.54, 1.807) is 12.1 Å². The summed E-state index contributed by atoms with van der Waals surface area (Å²) in [5.41, 5.74) is 0.813. The Bertz CT molecular complexity index is 1140. The number of carboxylic acids is 1. The molecule has 11 heteroatoms. The summed E-state index contributed by atoms with van der Waals surface area (Å²) < 4.78 is 41.4. The highest BCUT2D eigenvalue weighted by Crippen LogP contribution is 2.39. The first kappa shape index (κ1) is 25.3. The fraction of sp³-hybridized carbons (Fsp3) is 0.440. The number of likely N-dealkylation sites (tertiary alicyclic amines) is 1. The Morgan fingerprint density at radius 3 is 2.61 bits per heavy atom. The third-order valence-electron chi connectivity index (χ3n) is 6.19. The molecule has 1 saturated heterocycles. The van der Waals surface area contributed by atoms with Crippen LogP contribution in [0.4, 0.5) is 8.78 Å². The van der Waals surface area contributed by atoms with Crippen molar-refractivity contribution in [1.82, 2.24) is 9.88 Å². The summed E-state index contributed by atoms with van der Waals surface area (Å²) in [7, 11) is 0. The van der Waals surface area contributed by atoms with Gasteiger partial charge in [0.1, 0.15) is 18.3 Å². The Hall–Kier alpha value is -3.76. The molecule has 0 bridgehead atoms. The highest BCUT2D eigenvalue weighted by molar-refractivity contribution is 5.85. The molecule has 1 aliphatic carbocycles. The van der Waals surface area contributed by atoms with Gasteiger partial charge in [0.25, 0.3) is 0 Å². The van der Waals surface area contributed by atoms with Crippen molar-refractivity contribution in [2.24, 2.45) is 5.92 Å². The molecule has 192 valence electrons. The van der Waals surface area contributed by atoms with E-state index in [2.05, 4.69) is 9.72 Å². The Morgan fingerprint density at radius 1 is 1.17 bits per heavy atom. The first-order valence-corrected chi connectivity index (χ1v) is 11.6. The van der Waals surface area contributed by atoms with Crippen LogP contribution >= 0.6 is 0 Å². The monoisotopic (exact) mass is 504 g/mol. The smallest absolute Gasteiger partial charge is 0.387 e. The van der Waals surface area contributed by atoms with E-state index in [0.717, 1.165) is 18.4 Å². The maximum atomic E-state index is 12.9. The lowest BCUT2D eigenvalue weighted by Crippen LogP contribution is -2.40. The van der Waals surface area contributed by atoms with Gasteiger partial charge in [0.05, 0.1) is 12.3 Å². The van der Waals surface area contributed by atoms with Crippen LogP contribution < -0.4 is 9.47 Å². The summed E-state index contributed by atoms with van der Waals surface area (Å²) in [5.74, 6) is -1.88. The number of aromatic nitrogens is 1. The second kappa shape index (κ2) is 10.9. The number of amides is 1. The predicted molar refractivity (Wildman–Crippen MR) is 121 cm³/mol. The quantitative estimate of drug-likeness (QED) is 0.488. The summed E-state index contributed by atoms with van der Waals surface area (Å²) in [5, 5.41) is 9.07. The number of halogens is 2. The molecular weight excluding hydrogens is 478 g/mol. The van der Waals surface area contributed by atoms with E-state index in [4.69, 9.17) is 14.6 Å². The molecule has 2 aromatic rings. The molecule has 0 unspecified atom stereocenters. The van der Waals surface area contributed by atoms with Crippen LogP contribution in [0.3, 0.4) is 0 Å². The van der Waals surface area contributed by atoms with Gasteiger partial charge in [-0.3, -0.25) is 4.79 Å². The van der Waals surface area contributed by atoms with Crippen molar-refractivity contribution in [3.05, 3.63) is 53.3 Å². The third kappa shape index (κ3) is 6.27. The van der Waals surface area contributed by atoms with Crippen LogP contribution in [0.1, 0.15) is 53.8 Å². The van der Waals surface area contributed by atoms with Gasteiger partial charge in [0.15, 0.2) is 11.5 Å². The van der Waals surface area contributed by atoms with Gasteiger partial charge in [0, 0.05) is 19.4 Å². The molecule has 1 saturated carbocycles. The SMILES string of the molecule is CC(=O)N1C[C@H](c2ccc(OC(F)F)c(OCC3CC3)c2)C[C@@H]1C(=O)OCc1cccc(C(=O)O)n1. The molecule has 1 aromatic carbocycles. The second-order valence-electron chi connectivity index (χ2n) is 8.89. The fourth-order valence-electron chi connectivity index (χ4n) is 4.15. The van der Waals surface area contributed by atoms with Crippen LogP contribution in [-0.2, 0) is 20.9 Å². The van der Waals surface area contributed by atoms with E-state index in [9.17, 15) is 23.2 Å². The molecule has 1 aliphatic heterocycles. The number of esters is 1. The number of hydrogen-bond donors (Lipinski definition) is 1. The van der Waals surface area contributed by atoms with E-state index in [0.29, 0.717) is 12.5 Å². The van der Waals surface area contributed by atoms with Gasteiger partial charge in [-0.15, -0.1) is 0 Å². The number of alkyl halides is 2. The average Bonchev–Trinajstić information content (AvgIpc) is 3.56. The zero-order chi connectivity index (χ0) is 25.8. The van der Waals surface area contributed by atoms with Crippen molar-refractivity contribution in [3.63, 3.8) is 0 Å². The van der Waals surface area contributed by atoms with Crippen molar-refractivity contribution < 1.29 is 42.5 Å². The number of nitrogens with zero attached hydrogens (tertiary/aromatic N) is 2. The van der Waals surface area contributed by atoms with E-state index in [1.807, 2.05) is 0 Å². The molecule has 36 heavy (non-hydrogen) atoms. The van der Waals surface area contributed by atoms with E-state index < -0.39 is 24.6 Å². The minimum atomic E-state index is -3.00. The third-order valence-corrected chi connectivity index (χ3v) is 6.19. The second-order valence-corrected chi connectivity index (χ2v) is 8.89. The van der Waals surface area contributed by atoms with E-state index in [1.165, 1.54) is 36.1 Å². The summed E-state index contributed by atoms with van der Waals surface area (Å²) in [6, 6.07) is 8.16. The van der Waals surface area contributed by atoms with Gasteiger partial charge in [-0.25, -0.2) is 14.6 Å². The first-order valence-electron chi connectivity index (χ1n) is 11.6. The lowest BCUT2D eigenvalue weighted by molar-refractivity contribution is -0.154. The standard InChI is InChI=1S/C25H26F2N2O7/c1-14(30)29-11-17(9-20(29)24(33)35-13-18-3-2-4-19(28-18)23(31)32)16-7-8-21(36-25(26)27)22(10-16)34-12-15-5-6-15/h2-4,7-8,10,15,17,20,25H,5-6,9,11-13H2,1H3,(H,31,32)/t17-,20-/m1/s1. The number of hydrogen-bond acceptors (Lipinski definition) is 7. The fourth-order valence-corrected chi connectivity index (χ4v) is 4.15. The van der Waals surface area contributed by atoms with Gasteiger partial charge >= 0.3 is 18.6 Å². The molecule has 4 rings (SSSR count). The number of pyridine rings is 1. The lowest BCUT2D eigenvalue weighted by atomic mass is 9.96. The summed E-state index contributed by atoms with van der Waals surface area (Å²) >= 11 is 0. The number of aromatic carboxylic acids is 1. The Balaban J connectivity index is 1.47. The molecule has 2 fully saturated rings. The highest BCUT2D eigenvalue weighted by Gasteiger charge is 2.40. The van der Waals surface area contributed by atoms with Crippen LogP contribution in [0, 0.1) is 5.92 Å². The zero-order valence-electron chi connectivity index (χ0n) is 19.6. The molecule has 2 heterocycles. The minimum absolute atomic E-state index is 0.0668. The van der Waals surface area contributed by atoms with Crippen LogP contribution in [0.5, 0.6) is 11.5 Å². The molecule has 2 aliphatic rings. The number of carboxylic acid groups (broad SMARTS) is 1. The predicted octanol–water partition coefficient (Wildman–Crippen LogP) is 3.62. The van der Waals surface area contributed by atoms with Crippen LogP contribution in [0.15, 0.2) is 36.4 Å². The summed E-state index contributed by atoms with van der Waals surface area (Å²) in [6.45, 7) is -1.25. The first-order chi connectivity index (χ1) is 17.2. The normalized spacial score (nSPS) is 19.3. The van der Waals surface area contributed by atoms with Gasteiger partial charge < -0.3 is 24.2 Å². The average molecular weight is 504 g/mol. The number of ether oxygens (including phenoxy) is 3. The van der Waals surface area contributed by atoms with Crippen molar-refractivity contribution in [1.29, 1.82) is 0 Å². The van der Waals surface area contributed by atoms with Crippen molar-refractivity contribution >= 4 is 17.8 Å². The Kier molecular flexibility index (Phi) is 7.66. The number of carbonyl (C=O) groups is 3. The molecule has 2 atom stereocenters. The lowest BCUT2D eigenvalue weighted by Gasteiger charge is -2.21. The van der Waals surface area contributed by atoms with Crippen LogP contribution in [0.25, 0.3) is 0 Å². The Labute approximate surface area is 206 Å². The maximum absolute atomic E-state index is 12.9. The molecule has 1 N–H and O–H groups in total. The highest BCUT2D eigenvalue weighted by atomic mass is 19.3. The number of rotatable bonds is 10. The number of benzene rings is 1. The molecule has 0 spiro atoms. The van der Waals surface area contributed by atoms with E-state index >= 15 is 0 Å². The van der Waals surface area contributed by atoms with Crippen molar-refractivity contribution in [2.45, 2.75) is 51.4 Å². The summed E-state index contributed by atoms with van der Waals surface area (Å²) in [4.78, 5) is 41.6. The van der Waals surface area contributed by atoms with Gasteiger partial charge in [-0.05, 0) is 55.0 Å². The molecule has 9 nitrogen and oxygen atoms in total. The summed E-state index contributed by atoms with van der Waals surface area (Å²) in [6.07, 6.45) is 2.32. The van der Waals surface area contributed by atoms with Crippen LogP contribution in [-0.4, -0.2) is 58.6 Å². The van der Waals surface area contributed by atoms with E-state index in [-0.39, 0.29) is 54.3 Å². The van der Waals surface area contributed by atoms with Crippen LogP contribution in [0.2, 0.25) is 0 Å². The molecule has 1 amide bonds. The van der Waals surface area contributed by atoms with Crippen molar-refractivity contribution in [3.8, 4) is 11.5 Å². The van der Waals surface area contributed by atoms with Crippen molar-refractivity contribution in [2.75, 3.05) is 13.2 Å². The van der Waals surface area contributed by atoms with Gasteiger partial charge in [0.2, 0.25) is 5.91 Å².